The quantitative estimate of drug-likeness (QED) is 0.603. The summed E-state index contributed by atoms with van der Waals surface area (Å²) < 4.78 is 5.13. The van der Waals surface area contributed by atoms with Gasteiger partial charge in [0.1, 0.15) is 0 Å². The van der Waals surface area contributed by atoms with Gasteiger partial charge in [-0.1, -0.05) is 0 Å². The third-order valence-electron chi connectivity index (χ3n) is 2.86. The Hall–Kier alpha value is -0.650. The normalized spacial score (nSPS) is 27.1. The van der Waals surface area contributed by atoms with E-state index < -0.39 is 11.4 Å². The van der Waals surface area contributed by atoms with Crippen molar-refractivity contribution in [3.05, 3.63) is 0 Å². The molecule has 1 saturated heterocycles. The smallest absolute Gasteiger partial charge is 0.310 e. The Morgan fingerprint density at radius 1 is 1.53 bits per heavy atom. The molecule has 1 fully saturated rings. The van der Waals surface area contributed by atoms with E-state index in [4.69, 9.17) is 14.9 Å². The summed E-state index contributed by atoms with van der Waals surface area (Å²) in [5.41, 5.74) is -0.600. The summed E-state index contributed by atoms with van der Waals surface area (Å²) in [4.78, 5) is 13.0. The topological polar surface area (TPSA) is 70.0 Å². The lowest BCUT2D eigenvalue weighted by Crippen LogP contribution is -2.33. The standard InChI is InChI=1S/C10H19NO4/c1-10(9(13)14)2-3-11(8-10)4-6-15-7-5-12/h12H,2-8H2,1H3,(H,13,14). The van der Waals surface area contributed by atoms with Crippen LogP contribution >= 0.6 is 0 Å². The molecular weight excluding hydrogens is 198 g/mol. The van der Waals surface area contributed by atoms with Gasteiger partial charge >= 0.3 is 5.97 Å². The second kappa shape index (κ2) is 5.44. The number of hydrogen-bond donors (Lipinski definition) is 2. The molecule has 5 heteroatoms. The first-order chi connectivity index (χ1) is 7.08. The van der Waals surface area contributed by atoms with E-state index in [1.54, 1.807) is 6.92 Å². The Labute approximate surface area is 89.6 Å². The highest BCUT2D eigenvalue weighted by Gasteiger charge is 2.39. The lowest BCUT2D eigenvalue weighted by molar-refractivity contribution is -0.147. The fourth-order valence-corrected chi connectivity index (χ4v) is 1.78. The van der Waals surface area contributed by atoms with E-state index in [1.807, 2.05) is 0 Å². The Balaban J connectivity index is 2.22. The van der Waals surface area contributed by atoms with E-state index in [0.29, 0.717) is 26.2 Å². The molecule has 1 atom stereocenters. The van der Waals surface area contributed by atoms with Crippen LogP contribution in [0.1, 0.15) is 13.3 Å². The Bertz CT molecular complexity index is 221. The van der Waals surface area contributed by atoms with Gasteiger partial charge in [0.05, 0.1) is 25.2 Å². The van der Waals surface area contributed by atoms with Crippen molar-refractivity contribution in [2.24, 2.45) is 5.41 Å². The molecular formula is C10H19NO4. The lowest BCUT2D eigenvalue weighted by Gasteiger charge is -2.19. The van der Waals surface area contributed by atoms with Gasteiger partial charge < -0.3 is 14.9 Å². The average Bonchev–Trinajstić information content (AvgIpc) is 2.57. The number of ether oxygens (including phenoxy) is 1. The summed E-state index contributed by atoms with van der Waals surface area (Å²) in [6, 6.07) is 0. The van der Waals surface area contributed by atoms with Crippen molar-refractivity contribution >= 4 is 5.97 Å². The SMILES string of the molecule is CC1(C(=O)O)CCN(CCOCCO)C1. The molecule has 1 heterocycles. The molecule has 0 bridgehead atoms. The van der Waals surface area contributed by atoms with Gasteiger partial charge in [-0.25, -0.2) is 0 Å². The zero-order valence-electron chi connectivity index (χ0n) is 9.11. The van der Waals surface area contributed by atoms with Crippen molar-refractivity contribution in [2.45, 2.75) is 13.3 Å². The van der Waals surface area contributed by atoms with Crippen molar-refractivity contribution in [3.8, 4) is 0 Å². The summed E-state index contributed by atoms with van der Waals surface area (Å²) in [7, 11) is 0. The van der Waals surface area contributed by atoms with Crippen LogP contribution in [0.25, 0.3) is 0 Å². The number of nitrogens with zero attached hydrogens (tertiary/aromatic N) is 1. The summed E-state index contributed by atoms with van der Waals surface area (Å²) in [6.45, 7) is 4.86. The number of aliphatic carboxylic acids is 1. The highest BCUT2D eigenvalue weighted by molar-refractivity contribution is 5.74. The van der Waals surface area contributed by atoms with Crippen LogP contribution in [-0.4, -0.2) is 60.5 Å². The maximum atomic E-state index is 11.0. The van der Waals surface area contributed by atoms with Gasteiger partial charge in [0.2, 0.25) is 0 Å². The van der Waals surface area contributed by atoms with Crippen LogP contribution in [0.2, 0.25) is 0 Å². The number of likely N-dealkylation sites (tertiary alicyclic amines) is 1. The molecule has 5 nitrogen and oxygen atoms in total. The third-order valence-corrected chi connectivity index (χ3v) is 2.86. The predicted octanol–water partition coefficient (Wildman–Crippen LogP) is -0.208. The molecule has 0 aromatic carbocycles. The molecule has 0 aromatic rings. The minimum Gasteiger partial charge on any atom is -0.481 e. The van der Waals surface area contributed by atoms with Crippen molar-refractivity contribution in [2.75, 3.05) is 39.5 Å². The van der Waals surface area contributed by atoms with Crippen LogP contribution < -0.4 is 0 Å². The molecule has 1 aliphatic rings. The van der Waals surface area contributed by atoms with Crippen LogP contribution in [0, 0.1) is 5.41 Å². The fourth-order valence-electron chi connectivity index (χ4n) is 1.78. The molecule has 0 spiro atoms. The average molecular weight is 217 g/mol. The Kier molecular flexibility index (Phi) is 4.50. The van der Waals surface area contributed by atoms with Gasteiger partial charge in [-0.05, 0) is 19.9 Å². The molecule has 0 aliphatic carbocycles. The first-order valence-corrected chi connectivity index (χ1v) is 5.23. The van der Waals surface area contributed by atoms with Gasteiger partial charge in [-0.3, -0.25) is 9.69 Å². The maximum Gasteiger partial charge on any atom is 0.310 e. The number of carboxylic acid groups (broad SMARTS) is 1. The van der Waals surface area contributed by atoms with Crippen LogP contribution in [0.4, 0.5) is 0 Å². The largest absolute Gasteiger partial charge is 0.481 e. The number of carbonyl (C=O) groups is 1. The molecule has 1 aliphatic heterocycles. The molecule has 0 aromatic heterocycles. The molecule has 0 amide bonds. The monoisotopic (exact) mass is 217 g/mol. The van der Waals surface area contributed by atoms with Crippen LogP contribution in [0.15, 0.2) is 0 Å². The molecule has 1 unspecified atom stereocenters. The zero-order chi connectivity index (χ0) is 11.3. The molecule has 15 heavy (non-hydrogen) atoms. The lowest BCUT2D eigenvalue weighted by atomic mass is 9.90. The Morgan fingerprint density at radius 3 is 2.80 bits per heavy atom. The minimum absolute atomic E-state index is 0.0346. The summed E-state index contributed by atoms with van der Waals surface area (Å²) in [5, 5.41) is 17.5. The second-order valence-corrected chi connectivity index (χ2v) is 4.23. The predicted molar refractivity (Wildman–Crippen MR) is 54.7 cm³/mol. The summed E-state index contributed by atoms with van der Waals surface area (Å²) in [6.07, 6.45) is 0.697. The van der Waals surface area contributed by atoms with Gasteiger partial charge in [0, 0.05) is 13.1 Å². The van der Waals surface area contributed by atoms with Gasteiger partial charge in [0.15, 0.2) is 0 Å². The highest BCUT2D eigenvalue weighted by Crippen LogP contribution is 2.29. The third kappa shape index (κ3) is 3.44. The van der Waals surface area contributed by atoms with E-state index in [2.05, 4.69) is 4.90 Å². The molecule has 0 saturated carbocycles. The number of aliphatic hydroxyl groups excluding tert-OH is 1. The minimum atomic E-state index is -0.721. The van der Waals surface area contributed by atoms with Crippen molar-refractivity contribution < 1.29 is 19.7 Å². The number of rotatable bonds is 6. The number of aliphatic hydroxyl groups is 1. The van der Waals surface area contributed by atoms with E-state index in [9.17, 15) is 4.79 Å². The fraction of sp³-hybridized carbons (Fsp3) is 0.900. The van der Waals surface area contributed by atoms with Crippen LogP contribution in [0.5, 0.6) is 0 Å². The first-order valence-electron chi connectivity index (χ1n) is 5.23. The zero-order valence-corrected chi connectivity index (χ0v) is 9.11. The summed E-state index contributed by atoms with van der Waals surface area (Å²) >= 11 is 0. The number of carboxylic acids is 1. The van der Waals surface area contributed by atoms with E-state index in [0.717, 1.165) is 13.1 Å². The highest BCUT2D eigenvalue weighted by atomic mass is 16.5. The first kappa shape index (κ1) is 12.4. The Morgan fingerprint density at radius 2 is 2.27 bits per heavy atom. The van der Waals surface area contributed by atoms with E-state index in [-0.39, 0.29) is 6.61 Å². The molecule has 0 radical (unpaired) electrons. The van der Waals surface area contributed by atoms with Gasteiger partial charge in [0.25, 0.3) is 0 Å². The molecule has 88 valence electrons. The number of hydrogen-bond acceptors (Lipinski definition) is 4. The van der Waals surface area contributed by atoms with Crippen molar-refractivity contribution in [1.29, 1.82) is 0 Å². The van der Waals surface area contributed by atoms with E-state index >= 15 is 0 Å². The summed E-state index contributed by atoms with van der Waals surface area (Å²) in [5.74, 6) is -0.721. The molecule has 1 rings (SSSR count). The molecule has 2 N–H and O–H groups in total. The van der Waals surface area contributed by atoms with Crippen LogP contribution in [-0.2, 0) is 9.53 Å². The van der Waals surface area contributed by atoms with Gasteiger partial charge in [-0.2, -0.15) is 0 Å². The maximum absolute atomic E-state index is 11.0. The van der Waals surface area contributed by atoms with Crippen LogP contribution in [0.3, 0.4) is 0 Å². The van der Waals surface area contributed by atoms with Crippen molar-refractivity contribution in [1.82, 2.24) is 4.90 Å². The van der Waals surface area contributed by atoms with Crippen molar-refractivity contribution in [3.63, 3.8) is 0 Å². The van der Waals surface area contributed by atoms with Gasteiger partial charge in [-0.15, -0.1) is 0 Å². The second-order valence-electron chi connectivity index (χ2n) is 4.23. The van der Waals surface area contributed by atoms with E-state index in [1.165, 1.54) is 0 Å².